The number of hydrogen-bond acceptors (Lipinski definition) is 4. The first-order valence-corrected chi connectivity index (χ1v) is 7.75. The van der Waals surface area contributed by atoms with Gasteiger partial charge in [0.25, 0.3) is 0 Å². The maximum absolute atomic E-state index is 12.2. The van der Waals surface area contributed by atoms with Crippen LogP contribution in [0, 0.1) is 5.92 Å². The highest BCUT2D eigenvalue weighted by atomic mass is 16.2. The molecule has 0 spiro atoms. The summed E-state index contributed by atoms with van der Waals surface area (Å²) in [5, 5.41) is 7.06. The number of aromatic nitrogens is 2. The van der Waals surface area contributed by atoms with Crippen molar-refractivity contribution in [3.8, 4) is 0 Å². The normalized spacial score (nSPS) is 18.9. The quantitative estimate of drug-likeness (QED) is 0.808. The summed E-state index contributed by atoms with van der Waals surface area (Å²) in [6, 6.07) is -0.261. The average Bonchev–Trinajstić information content (AvgIpc) is 3.09. The Labute approximate surface area is 126 Å². The van der Waals surface area contributed by atoms with E-state index < -0.39 is 6.04 Å². The summed E-state index contributed by atoms with van der Waals surface area (Å²) in [6.45, 7) is 7.33. The summed E-state index contributed by atoms with van der Waals surface area (Å²) in [7, 11) is 1.82. The molecule has 1 aliphatic heterocycles. The van der Waals surface area contributed by atoms with Gasteiger partial charge in [-0.1, -0.05) is 13.8 Å². The smallest absolute Gasteiger partial charge is 0.241 e. The third kappa shape index (κ3) is 4.04. The summed E-state index contributed by atoms with van der Waals surface area (Å²) in [6.07, 6.45) is 5.94. The van der Waals surface area contributed by atoms with Crippen molar-refractivity contribution in [2.75, 3.05) is 19.6 Å². The van der Waals surface area contributed by atoms with E-state index in [1.54, 1.807) is 17.1 Å². The lowest BCUT2D eigenvalue weighted by molar-refractivity contribution is -0.122. The van der Waals surface area contributed by atoms with Crippen LogP contribution in [0.5, 0.6) is 0 Å². The average molecular weight is 293 g/mol. The molecule has 1 fully saturated rings. The maximum Gasteiger partial charge on any atom is 0.241 e. The molecule has 2 atom stereocenters. The number of nitrogens with two attached hydrogens (primary N) is 1. The van der Waals surface area contributed by atoms with Crippen LogP contribution in [0.15, 0.2) is 12.4 Å². The summed E-state index contributed by atoms with van der Waals surface area (Å²) < 4.78 is 1.66. The molecule has 6 heteroatoms. The lowest BCUT2D eigenvalue weighted by Crippen LogP contribution is -2.47. The SMILES string of the molecule is CC(C)C(CNC(=O)C(N)c1cnn(C)c1)N1CCCC1. The van der Waals surface area contributed by atoms with Crippen LogP contribution in [-0.4, -0.2) is 46.3 Å². The van der Waals surface area contributed by atoms with E-state index in [-0.39, 0.29) is 5.91 Å². The van der Waals surface area contributed by atoms with Crippen molar-refractivity contribution < 1.29 is 4.79 Å². The lowest BCUT2D eigenvalue weighted by atomic mass is 10.0. The minimum absolute atomic E-state index is 0.132. The molecule has 2 rings (SSSR count). The van der Waals surface area contributed by atoms with Crippen LogP contribution in [-0.2, 0) is 11.8 Å². The van der Waals surface area contributed by atoms with E-state index >= 15 is 0 Å². The largest absolute Gasteiger partial charge is 0.353 e. The zero-order valence-corrected chi connectivity index (χ0v) is 13.2. The number of hydrogen-bond donors (Lipinski definition) is 2. The molecular weight excluding hydrogens is 266 g/mol. The first kappa shape index (κ1) is 16.0. The first-order chi connectivity index (χ1) is 9.99. The van der Waals surface area contributed by atoms with E-state index in [0.29, 0.717) is 18.5 Å². The van der Waals surface area contributed by atoms with Gasteiger partial charge in [-0.15, -0.1) is 0 Å². The molecule has 1 aliphatic rings. The Hall–Kier alpha value is -1.40. The Morgan fingerprint density at radius 3 is 2.62 bits per heavy atom. The molecule has 0 aromatic carbocycles. The summed E-state index contributed by atoms with van der Waals surface area (Å²) in [4.78, 5) is 14.7. The fourth-order valence-electron chi connectivity index (χ4n) is 2.93. The predicted octanol–water partition coefficient (Wildman–Crippen LogP) is 0.657. The number of carbonyl (C=O) groups is 1. The molecule has 21 heavy (non-hydrogen) atoms. The van der Waals surface area contributed by atoms with Crippen LogP contribution in [0.4, 0.5) is 0 Å². The maximum atomic E-state index is 12.2. The molecule has 1 amide bonds. The molecule has 1 aromatic rings. The van der Waals surface area contributed by atoms with Gasteiger partial charge in [0.1, 0.15) is 6.04 Å². The highest BCUT2D eigenvalue weighted by Gasteiger charge is 2.26. The van der Waals surface area contributed by atoms with E-state index in [2.05, 4.69) is 29.2 Å². The van der Waals surface area contributed by atoms with Crippen LogP contribution < -0.4 is 11.1 Å². The van der Waals surface area contributed by atoms with Gasteiger partial charge in [-0.3, -0.25) is 14.4 Å². The van der Waals surface area contributed by atoms with Crippen molar-refractivity contribution in [3.63, 3.8) is 0 Å². The number of nitrogens with zero attached hydrogens (tertiary/aromatic N) is 3. The summed E-state index contributed by atoms with van der Waals surface area (Å²) in [5.41, 5.74) is 6.74. The third-order valence-corrected chi connectivity index (χ3v) is 4.23. The molecule has 3 N–H and O–H groups in total. The molecule has 0 saturated carbocycles. The van der Waals surface area contributed by atoms with E-state index in [4.69, 9.17) is 5.73 Å². The van der Waals surface area contributed by atoms with Crippen LogP contribution in [0.1, 0.15) is 38.3 Å². The van der Waals surface area contributed by atoms with Gasteiger partial charge >= 0.3 is 0 Å². The minimum Gasteiger partial charge on any atom is -0.353 e. The van der Waals surface area contributed by atoms with Crippen molar-refractivity contribution in [1.82, 2.24) is 20.0 Å². The topological polar surface area (TPSA) is 76.2 Å². The van der Waals surface area contributed by atoms with Crippen molar-refractivity contribution in [3.05, 3.63) is 18.0 Å². The molecule has 6 nitrogen and oxygen atoms in total. The number of amides is 1. The van der Waals surface area contributed by atoms with Crippen LogP contribution >= 0.6 is 0 Å². The number of rotatable bonds is 6. The van der Waals surface area contributed by atoms with Crippen molar-refractivity contribution in [1.29, 1.82) is 0 Å². The number of nitrogens with one attached hydrogen (secondary N) is 1. The summed E-state index contributed by atoms with van der Waals surface area (Å²) in [5.74, 6) is 0.380. The zero-order valence-electron chi connectivity index (χ0n) is 13.2. The molecule has 0 radical (unpaired) electrons. The predicted molar refractivity (Wildman–Crippen MR) is 82.6 cm³/mol. The second kappa shape index (κ2) is 7.04. The number of aryl methyl sites for hydroxylation is 1. The van der Waals surface area contributed by atoms with Gasteiger partial charge in [0.2, 0.25) is 5.91 Å². The van der Waals surface area contributed by atoms with Gasteiger partial charge in [-0.05, 0) is 31.8 Å². The fraction of sp³-hybridized carbons (Fsp3) is 0.733. The van der Waals surface area contributed by atoms with Gasteiger partial charge in [0.05, 0.1) is 6.20 Å². The lowest BCUT2D eigenvalue weighted by Gasteiger charge is -2.31. The van der Waals surface area contributed by atoms with Crippen molar-refractivity contribution in [2.45, 2.75) is 38.8 Å². The monoisotopic (exact) mass is 293 g/mol. The Balaban J connectivity index is 1.89. The first-order valence-electron chi connectivity index (χ1n) is 7.75. The standard InChI is InChI=1S/C15H27N5O/c1-11(2)13(20-6-4-5-7-20)9-17-15(21)14(16)12-8-18-19(3)10-12/h8,10-11,13-14H,4-7,9,16H2,1-3H3,(H,17,21). The van der Waals surface area contributed by atoms with Crippen molar-refractivity contribution >= 4 is 5.91 Å². The van der Waals surface area contributed by atoms with Gasteiger partial charge in [-0.25, -0.2) is 0 Å². The molecule has 0 aliphatic carbocycles. The highest BCUT2D eigenvalue weighted by Crippen LogP contribution is 2.17. The van der Waals surface area contributed by atoms with Crippen LogP contribution in [0.3, 0.4) is 0 Å². The zero-order chi connectivity index (χ0) is 15.4. The molecule has 1 saturated heterocycles. The summed E-state index contributed by atoms with van der Waals surface area (Å²) >= 11 is 0. The fourth-order valence-corrected chi connectivity index (χ4v) is 2.93. The molecule has 2 unspecified atom stereocenters. The van der Waals surface area contributed by atoms with E-state index in [1.807, 2.05) is 7.05 Å². The van der Waals surface area contributed by atoms with Crippen molar-refractivity contribution in [2.24, 2.45) is 18.7 Å². The third-order valence-electron chi connectivity index (χ3n) is 4.23. The van der Waals surface area contributed by atoms with Gasteiger partial charge in [0.15, 0.2) is 0 Å². The Bertz CT molecular complexity index is 464. The Morgan fingerprint density at radius 2 is 2.10 bits per heavy atom. The second-order valence-electron chi connectivity index (χ2n) is 6.22. The molecule has 2 heterocycles. The highest BCUT2D eigenvalue weighted by molar-refractivity contribution is 5.82. The Morgan fingerprint density at radius 1 is 1.43 bits per heavy atom. The molecule has 118 valence electrons. The van der Waals surface area contributed by atoms with E-state index in [9.17, 15) is 4.79 Å². The van der Waals surface area contributed by atoms with Gasteiger partial charge < -0.3 is 11.1 Å². The van der Waals surface area contributed by atoms with E-state index in [0.717, 1.165) is 18.7 Å². The number of likely N-dealkylation sites (tertiary alicyclic amines) is 1. The minimum atomic E-state index is -0.648. The van der Waals surface area contributed by atoms with Crippen LogP contribution in [0.25, 0.3) is 0 Å². The van der Waals surface area contributed by atoms with Gasteiger partial charge in [-0.2, -0.15) is 5.10 Å². The molecule has 0 bridgehead atoms. The van der Waals surface area contributed by atoms with E-state index in [1.165, 1.54) is 12.8 Å². The molecule has 1 aromatic heterocycles. The Kier molecular flexibility index (Phi) is 5.36. The van der Waals surface area contributed by atoms with Gasteiger partial charge in [0, 0.05) is 31.4 Å². The number of carbonyl (C=O) groups excluding carboxylic acids is 1. The van der Waals surface area contributed by atoms with Crippen LogP contribution in [0.2, 0.25) is 0 Å². The second-order valence-corrected chi connectivity index (χ2v) is 6.22. The molecular formula is C15H27N5O.